The van der Waals surface area contributed by atoms with E-state index < -0.39 is 0 Å². The van der Waals surface area contributed by atoms with Gasteiger partial charge in [-0.2, -0.15) is 0 Å². The highest BCUT2D eigenvalue weighted by atomic mass is 16.7. The van der Waals surface area contributed by atoms with Gasteiger partial charge in [0.05, 0.1) is 0 Å². The smallest absolute Gasteiger partial charge is 0.200 e. The molecule has 0 spiro atoms. The van der Waals surface area contributed by atoms with Crippen molar-refractivity contribution < 1.29 is 9.47 Å². The third-order valence-electron chi connectivity index (χ3n) is 3.65. The van der Waals surface area contributed by atoms with E-state index in [-0.39, 0.29) is 6.29 Å². The van der Waals surface area contributed by atoms with Gasteiger partial charge in [-0.3, -0.25) is 0 Å². The molecule has 0 radical (unpaired) electrons. The van der Waals surface area contributed by atoms with Gasteiger partial charge in [-0.25, -0.2) is 0 Å². The van der Waals surface area contributed by atoms with Crippen molar-refractivity contribution in [1.82, 2.24) is 0 Å². The maximum absolute atomic E-state index is 5.90. The number of hydrogen-bond donors (Lipinski definition) is 0. The summed E-state index contributed by atoms with van der Waals surface area (Å²) in [6.07, 6.45) is 4.80. The molecule has 1 aromatic rings. The minimum absolute atomic E-state index is 0.0316. The fraction of sp³-hybridized carbons (Fsp3) is 0.571. The van der Waals surface area contributed by atoms with Crippen molar-refractivity contribution in [3.63, 3.8) is 0 Å². The van der Waals surface area contributed by atoms with Crippen LogP contribution in [0.2, 0.25) is 0 Å². The van der Waals surface area contributed by atoms with Crippen LogP contribution in [0, 0.1) is 0 Å². The highest BCUT2D eigenvalue weighted by molar-refractivity contribution is 5.45. The minimum atomic E-state index is -0.0316. The molecule has 0 amide bonds. The van der Waals surface area contributed by atoms with Gasteiger partial charge < -0.3 is 9.47 Å². The Labute approximate surface area is 96.6 Å². The van der Waals surface area contributed by atoms with E-state index >= 15 is 0 Å². The molecule has 86 valence electrons. The zero-order chi connectivity index (χ0) is 11.0. The van der Waals surface area contributed by atoms with E-state index in [9.17, 15) is 0 Å². The first kappa shape index (κ1) is 10.2. The molecule has 1 aliphatic heterocycles. The van der Waals surface area contributed by atoms with Gasteiger partial charge in [0.15, 0.2) is 6.29 Å². The number of ether oxygens (including phenoxy) is 2. The normalized spacial score (nSPS) is 27.1. The molecule has 0 bridgehead atoms. The van der Waals surface area contributed by atoms with Crippen molar-refractivity contribution in [2.24, 2.45) is 0 Å². The summed E-state index contributed by atoms with van der Waals surface area (Å²) in [5, 5.41) is 0. The minimum Gasteiger partial charge on any atom is -0.465 e. The van der Waals surface area contributed by atoms with Crippen molar-refractivity contribution in [3.8, 4) is 5.75 Å². The van der Waals surface area contributed by atoms with Gasteiger partial charge in [-0.05, 0) is 43.7 Å². The fourth-order valence-electron chi connectivity index (χ4n) is 3.00. The highest BCUT2D eigenvalue weighted by Crippen LogP contribution is 2.44. The third-order valence-corrected chi connectivity index (χ3v) is 3.65. The van der Waals surface area contributed by atoms with E-state index in [0.29, 0.717) is 5.92 Å². The summed E-state index contributed by atoms with van der Waals surface area (Å²) in [7, 11) is 0. The van der Waals surface area contributed by atoms with Gasteiger partial charge >= 0.3 is 0 Å². The maximum atomic E-state index is 5.90. The Balaban J connectivity index is 1.96. The predicted octanol–water partition coefficient (Wildman–Crippen LogP) is 3.25. The summed E-state index contributed by atoms with van der Waals surface area (Å²) < 4.78 is 11.5. The number of hydrogen-bond acceptors (Lipinski definition) is 2. The number of benzene rings is 1. The molecule has 1 heterocycles. The molecule has 0 N–H and O–H groups in total. The Morgan fingerprint density at radius 1 is 1.44 bits per heavy atom. The molecule has 3 rings (SSSR count). The fourth-order valence-corrected chi connectivity index (χ4v) is 3.00. The lowest BCUT2D eigenvalue weighted by Crippen LogP contribution is -2.30. The first-order valence-corrected chi connectivity index (χ1v) is 6.28. The SMILES string of the molecule is CCOC1CC2CCCc3cccc(c32)O1. The van der Waals surface area contributed by atoms with E-state index in [1.54, 1.807) is 0 Å². The zero-order valence-corrected chi connectivity index (χ0v) is 9.74. The van der Waals surface area contributed by atoms with E-state index in [1.807, 2.05) is 6.92 Å². The second-order valence-electron chi connectivity index (χ2n) is 4.66. The Morgan fingerprint density at radius 2 is 2.38 bits per heavy atom. The van der Waals surface area contributed by atoms with Crippen LogP contribution < -0.4 is 4.74 Å². The van der Waals surface area contributed by atoms with Crippen LogP contribution in [0.25, 0.3) is 0 Å². The zero-order valence-electron chi connectivity index (χ0n) is 9.74. The summed E-state index contributed by atoms with van der Waals surface area (Å²) in [5.41, 5.74) is 2.95. The molecule has 2 aliphatic rings. The third kappa shape index (κ3) is 1.61. The molecule has 0 fully saturated rings. The first-order chi connectivity index (χ1) is 7.88. The molecule has 0 aromatic heterocycles. The molecule has 1 aromatic carbocycles. The topological polar surface area (TPSA) is 18.5 Å². The predicted molar refractivity (Wildman–Crippen MR) is 62.8 cm³/mol. The van der Waals surface area contributed by atoms with E-state index in [1.165, 1.54) is 30.4 Å². The molecule has 1 aliphatic carbocycles. The molecule has 0 saturated carbocycles. The lowest BCUT2D eigenvalue weighted by atomic mass is 9.79. The van der Waals surface area contributed by atoms with Gasteiger partial charge in [-0.15, -0.1) is 0 Å². The Bertz CT molecular complexity index is 386. The van der Waals surface area contributed by atoms with Crippen LogP contribution in [0.1, 0.15) is 43.2 Å². The van der Waals surface area contributed by atoms with Crippen molar-refractivity contribution >= 4 is 0 Å². The summed E-state index contributed by atoms with van der Waals surface area (Å²) in [6.45, 7) is 2.75. The van der Waals surface area contributed by atoms with E-state index in [4.69, 9.17) is 9.47 Å². The Morgan fingerprint density at radius 3 is 3.25 bits per heavy atom. The molecule has 2 atom stereocenters. The van der Waals surface area contributed by atoms with Crippen LogP contribution in [0.4, 0.5) is 0 Å². The van der Waals surface area contributed by atoms with E-state index in [0.717, 1.165) is 18.8 Å². The summed E-state index contributed by atoms with van der Waals surface area (Å²) in [6, 6.07) is 6.43. The number of rotatable bonds is 2. The van der Waals surface area contributed by atoms with Gasteiger partial charge in [0.1, 0.15) is 5.75 Å². The Hall–Kier alpha value is -1.02. The van der Waals surface area contributed by atoms with Crippen molar-refractivity contribution in [2.45, 2.75) is 44.8 Å². The van der Waals surface area contributed by atoms with Crippen LogP contribution in [-0.4, -0.2) is 12.9 Å². The number of aryl methyl sites for hydroxylation is 1. The quantitative estimate of drug-likeness (QED) is 0.758. The van der Waals surface area contributed by atoms with Gasteiger partial charge in [0.25, 0.3) is 0 Å². The van der Waals surface area contributed by atoms with Crippen LogP contribution in [0.3, 0.4) is 0 Å². The van der Waals surface area contributed by atoms with Crippen LogP contribution >= 0.6 is 0 Å². The second kappa shape index (κ2) is 4.10. The lowest BCUT2D eigenvalue weighted by molar-refractivity contribution is -0.0928. The molecule has 16 heavy (non-hydrogen) atoms. The molecule has 2 nitrogen and oxygen atoms in total. The molecule has 2 unspecified atom stereocenters. The van der Waals surface area contributed by atoms with E-state index in [2.05, 4.69) is 18.2 Å². The average Bonchev–Trinajstić information content (AvgIpc) is 2.30. The summed E-state index contributed by atoms with van der Waals surface area (Å²) in [4.78, 5) is 0. The van der Waals surface area contributed by atoms with Crippen molar-refractivity contribution in [2.75, 3.05) is 6.61 Å². The first-order valence-electron chi connectivity index (χ1n) is 6.28. The summed E-state index contributed by atoms with van der Waals surface area (Å²) >= 11 is 0. The molecular formula is C14H18O2. The van der Waals surface area contributed by atoms with Gasteiger partial charge in [0.2, 0.25) is 0 Å². The lowest BCUT2D eigenvalue weighted by Gasteiger charge is -2.35. The average molecular weight is 218 g/mol. The van der Waals surface area contributed by atoms with Crippen molar-refractivity contribution in [1.29, 1.82) is 0 Å². The van der Waals surface area contributed by atoms with Crippen LogP contribution in [0.5, 0.6) is 5.75 Å². The van der Waals surface area contributed by atoms with Crippen LogP contribution in [-0.2, 0) is 11.2 Å². The standard InChI is InChI=1S/C14H18O2/c1-2-15-13-9-11-7-3-5-10-6-4-8-12(16-13)14(10)11/h4,6,8,11,13H,2-3,5,7,9H2,1H3. The molecular weight excluding hydrogens is 200 g/mol. The van der Waals surface area contributed by atoms with Crippen LogP contribution in [0.15, 0.2) is 18.2 Å². The summed E-state index contributed by atoms with van der Waals surface area (Å²) in [5.74, 6) is 1.72. The van der Waals surface area contributed by atoms with Gasteiger partial charge in [0, 0.05) is 18.6 Å². The second-order valence-corrected chi connectivity index (χ2v) is 4.66. The van der Waals surface area contributed by atoms with Crippen molar-refractivity contribution in [3.05, 3.63) is 29.3 Å². The largest absolute Gasteiger partial charge is 0.465 e. The molecule has 2 heteroatoms. The monoisotopic (exact) mass is 218 g/mol. The maximum Gasteiger partial charge on any atom is 0.200 e. The van der Waals surface area contributed by atoms with Gasteiger partial charge in [-0.1, -0.05) is 12.1 Å². The molecule has 0 saturated heterocycles. The highest BCUT2D eigenvalue weighted by Gasteiger charge is 2.32. The Kier molecular flexibility index (Phi) is 2.60.